The van der Waals surface area contributed by atoms with E-state index in [0.29, 0.717) is 15.2 Å². The first-order chi connectivity index (χ1) is 9.31. The van der Waals surface area contributed by atoms with Gasteiger partial charge in [-0.05, 0) is 58.7 Å². The number of nitrogens with one attached hydrogen (secondary N) is 1. The predicted molar refractivity (Wildman–Crippen MR) is 88.8 cm³/mol. The van der Waals surface area contributed by atoms with Gasteiger partial charge in [0.1, 0.15) is 0 Å². The van der Waals surface area contributed by atoms with Crippen LogP contribution in [0.1, 0.15) is 5.56 Å². The van der Waals surface area contributed by atoms with Gasteiger partial charge in [-0.3, -0.25) is 4.72 Å². The Morgan fingerprint density at radius 3 is 2.50 bits per heavy atom. The van der Waals surface area contributed by atoms with Crippen molar-refractivity contribution in [1.82, 2.24) is 0 Å². The average Bonchev–Trinajstić information content (AvgIpc) is 2.38. The normalized spacial score (nSPS) is 11.4. The zero-order chi connectivity index (χ0) is 14.9. The number of halogens is 3. The van der Waals surface area contributed by atoms with Gasteiger partial charge in [-0.2, -0.15) is 0 Å². The summed E-state index contributed by atoms with van der Waals surface area (Å²) in [4.78, 5) is 0.199. The molecule has 106 valence electrons. The van der Waals surface area contributed by atoms with Crippen molar-refractivity contribution in [3.8, 4) is 0 Å². The molecule has 0 atom stereocenters. The summed E-state index contributed by atoms with van der Waals surface area (Å²) in [5.74, 6) is 0. The monoisotopic (exact) mass is 437 g/mol. The number of sulfonamides is 1. The minimum absolute atomic E-state index is 0.199. The van der Waals surface area contributed by atoms with Gasteiger partial charge < -0.3 is 0 Å². The van der Waals surface area contributed by atoms with E-state index in [-0.39, 0.29) is 4.90 Å². The van der Waals surface area contributed by atoms with Crippen LogP contribution in [0.25, 0.3) is 0 Å². The number of benzene rings is 2. The molecule has 2 aromatic rings. The predicted octanol–water partition coefficient (Wildman–Crippen LogP) is 4.97. The van der Waals surface area contributed by atoms with Crippen LogP contribution in [-0.2, 0) is 10.0 Å². The SMILES string of the molecule is Cc1cc(S(=O)(=O)Nc2cccc(Cl)c2Br)ccc1Br. The highest BCUT2D eigenvalue weighted by Gasteiger charge is 2.17. The van der Waals surface area contributed by atoms with E-state index in [1.807, 2.05) is 6.92 Å². The molecule has 0 aliphatic heterocycles. The Balaban J connectivity index is 2.41. The van der Waals surface area contributed by atoms with Crippen molar-refractivity contribution in [3.63, 3.8) is 0 Å². The van der Waals surface area contributed by atoms with E-state index < -0.39 is 10.0 Å². The highest BCUT2D eigenvalue weighted by molar-refractivity contribution is 9.11. The fraction of sp³-hybridized carbons (Fsp3) is 0.0769. The van der Waals surface area contributed by atoms with Gasteiger partial charge in [-0.1, -0.05) is 33.6 Å². The van der Waals surface area contributed by atoms with Crippen molar-refractivity contribution in [2.24, 2.45) is 0 Å². The lowest BCUT2D eigenvalue weighted by molar-refractivity contribution is 0.601. The lowest BCUT2D eigenvalue weighted by atomic mass is 10.2. The van der Waals surface area contributed by atoms with Crippen LogP contribution in [0.4, 0.5) is 5.69 Å². The smallest absolute Gasteiger partial charge is 0.261 e. The molecule has 0 fully saturated rings. The molecule has 0 spiro atoms. The molecule has 0 amide bonds. The summed E-state index contributed by atoms with van der Waals surface area (Å²) >= 11 is 12.6. The molecular formula is C13H10Br2ClNO2S. The van der Waals surface area contributed by atoms with Crippen LogP contribution in [0.5, 0.6) is 0 Å². The van der Waals surface area contributed by atoms with Crippen LogP contribution < -0.4 is 4.72 Å². The highest BCUT2D eigenvalue weighted by Crippen LogP contribution is 2.32. The van der Waals surface area contributed by atoms with Gasteiger partial charge in [0.15, 0.2) is 0 Å². The average molecular weight is 440 g/mol. The number of anilines is 1. The number of rotatable bonds is 3. The van der Waals surface area contributed by atoms with Crippen LogP contribution in [0.2, 0.25) is 5.02 Å². The molecule has 0 bridgehead atoms. The Bertz CT molecular complexity index is 763. The van der Waals surface area contributed by atoms with Crippen LogP contribution in [0.3, 0.4) is 0 Å². The van der Waals surface area contributed by atoms with E-state index >= 15 is 0 Å². The summed E-state index contributed by atoms with van der Waals surface area (Å²) in [6.45, 7) is 1.83. The number of hydrogen-bond acceptors (Lipinski definition) is 2. The zero-order valence-corrected chi connectivity index (χ0v) is 15.1. The molecule has 0 unspecified atom stereocenters. The van der Waals surface area contributed by atoms with E-state index in [9.17, 15) is 8.42 Å². The van der Waals surface area contributed by atoms with Crippen molar-refractivity contribution in [3.05, 3.63) is 55.9 Å². The molecule has 1 N–H and O–H groups in total. The first-order valence-electron chi connectivity index (χ1n) is 5.54. The summed E-state index contributed by atoms with van der Waals surface area (Å²) in [5, 5.41) is 0.442. The van der Waals surface area contributed by atoms with Crippen LogP contribution in [0.15, 0.2) is 50.2 Å². The number of hydrogen-bond donors (Lipinski definition) is 1. The Morgan fingerprint density at radius 2 is 1.85 bits per heavy atom. The minimum atomic E-state index is -3.65. The maximum absolute atomic E-state index is 12.3. The van der Waals surface area contributed by atoms with Gasteiger partial charge in [0.2, 0.25) is 0 Å². The lowest BCUT2D eigenvalue weighted by Crippen LogP contribution is -2.13. The quantitative estimate of drug-likeness (QED) is 0.734. The molecule has 0 saturated heterocycles. The maximum Gasteiger partial charge on any atom is 0.261 e. The van der Waals surface area contributed by atoms with Crippen molar-refractivity contribution in [1.29, 1.82) is 0 Å². The molecule has 3 nitrogen and oxygen atoms in total. The summed E-state index contributed by atoms with van der Waals surface area (Å²) in [6.07, 6.45) is 0. The second-order valence-electron chi connectivity index (χ2n) is 4.12. The fourth-order valence-corrected chi connectivity index (χ4v) is 3.64. The first-order valence-corrected chi connectivity index (χ1v) is 8.99. The van der Waals surface area contributed by atoms with Crippen molar-refractivity contribution in [2.75, 3.05) is 4.72 Å². The Hall–Kier alpha value is -0.560. The lowest BCUT2D eigenvalue weighted by Gasteiger charge is -2.11. The highest BCUT2D eigenvalue weighted by atomic mass is 79.9. The summed E-state index contributed by atoms with van der Waals surface area (Å²) in [7, 11) is -3.65. The van der Waals surface area contributed by atoms with Crippen molar-refractivity contribution in [2.45, 2.75) is 11.8 Å². The van der Waals surface area contributed by atoms with E-state index in [4.69, 9.17) is 11.6 Å². The molecule has 0 heterocycles. The first kappa shape index (κ1) is 15.8. The van der Waals surface area contributed by atoms with Crippen LogP contribution in [-0.4, -0.2) is 8.42 Å². The third-order valence-electron chi connectivity index (χ3n) is 2.64. The summed E-state index contributed by atoms with van der Waals surface area (Å²) in [6, 6.07) is 9.84. The van der Waals surface area contributed by atoms with Crippen molar-refractivity contribution < 1.29 is 8.42 Å². The van der Waals surface area contributed by atoms with E-state index in [0.717, 1.165) is 10.0 Å². The van der Waals surface area contributed by atoms with Gasteiger partial charge in [0.25, 0.3) is 10.0 Å². The molecule has 0 aliphatic carbocycles. The maximum atomic E-state index is 12.3. The Morgan fingerprint density at radius 1 is 1.15 bits per heavy atom. The molecular weight excluding hydrogens is 429 g/mol. The van der Waals surface area contributed by atoms with E-state index in [1.54, 1.807) is 30.3 Å². The molecule has 7 heteroatoms. The summed E-state index contributed by atoms with van der Waals surface area (Å²) < 4.78 is 28.6. The van der Waals surface area contributed by atoms with Gasteiger partial charge in [0.05, 0.1) is 20.1 Å². The summed E-state index contributed by atoms with van der Waals surface area (Å²) in [5.41, 5.74) is 1.25. The minimum Gasteiger partial charge on any atom is -0.278 e. The molecule has 0 aromatic heterocycles. The number of aryl methyl sites for hydroxylation is 1. The van der Waals surface area contributed by atoms with Gasteiger partial charge in [-0.25, -0.2) is 8.42 Å². The third kappa shape index (κ3) is 3.36. The zero-order valence-electron chi connectivity index (χ0n) is 10.3. The largest absolute Gasteiger partial charge is 0.278 e. The molecule has 2 aromatic carbocycles. The van der Waals surface area contributed by atoms with Gasteiger partial charge in [-0.15, -0.1) is 0 Å². The van der Waals surface area contributed by atoms with E-state index in [2.05, 4.69) is 36.6 Å². The third-order valence-corrected chi connectivity index (χ3v) is 6.29. The van der Waals surface area contributed by atoms with Gasteiger partial charge in [0, 0.05) is 4.47 Å². The topological polar surface area (TPSA) is 46.2 Å². The van der Waals surface area contributed by atoms with Gasteiger partial charge >= 0.3 is 0 Å². The molecule has 0 radical (unpaired) electrons. The second kappa shape index (κ2) is 6.05. The standard InChI is InChI=1S/C13H10Br2ClNO2S/c1-8-7-9(5-6-10(8)14)20(18,19)17-12-4-2-3-11(16)13(12)15/h2-7,17H,1H3. The van der Waals surface area contributed by atoms with Crippen LogP contribution >= 0.6 is 43.5 Å². The van der Waals surface area contributed by atoms with E-state index in [1.165, 1.54) is 6.07 Å². The molecule has 0 saturated carbocycles. The molecule has 0 aliphatic rings. The van der Waals surface area contributed by atoms with Crippen molar-refractivity contribution >= 4 is 59.2 Å². The second-order valence-corrected chi connectivity index (χ2v) is 7.85. The molecule has 2 rings (SSSR count). The van der Waals surface area contributed by atoms with Crippen LogP contribution in [0, 0.1) is 6.92 Å². The molecule has 20 heavy (non-hydrogen) atoms. The Kier molecular flexibility index (Phi) is 4.79. The Labute approximate surface area is 139 Å². The fourth-order valence-electron chi connectivity index (χ4n) is 1.57.